The molecule has 0 amide bonds. The topological polar surface area (TPSA) is 29.5 Å². The highest BCUT2D eigenvalue weighted by Gasteiger charge is 2.59. The maximum atomic E-state index is 11.9. The fourth-order valence-electron chi connectivity index (χ4n) is 3.63. The molecule has 0 aromatic heterocycles. The van der Waals surface area contributed by atoms with Crippen molar-refractivity contribution in [2.75, 3.05) is 11.4 Å². The molecule has 1 spiro atoms. The highest BCUT2D eigenvalue weighted by atomic mass is 35.5. The Bertz CT molecular complexity index is 888. The van der Waals surface area contributed by atoms with E-state index in [-0.39, 0.29) is 0 Å². The molecule has 0 aliphatic carbocycles. The van der Waals surface area contributed by atoms with Crippen LogP contribution in [0.25, 0.3) is 5.76 Å². The molecule has 4 rings (SSSR count). The van der Waals surface area contributed by atoms with E-state index in [1.54, 1.807) is 0 Å². The van der Waals surface area contributed by atoms with Crippen molar-refractivity contribution in [3.63, 3.8) is 0 Å². The summed E-state index contributed by atoms with van der Waals surface area (Å²) in [6, 6.07) is 15.3. The molecule has 2 heterocycles. The quantitative estimate of drug-likeness (QED) is 0.771. The van der Waals surface area contributed by atoms with Crippen molar-refractivity contribution in [2.45, 2.75) is 12.5 Å². The van der Waals surface area contributed by atoms with Gasteiger partial charge in [-0.05, 0) is 13.0 Å². The first-order valence-electron chi connectivity index (χ1n) is 7.85. The van der Waals surface area contributed by atoms with E-state index < -0.39 is 5.60 Å². The number of hydrogen-bond donors (Lipinski definition) is 0. The van der Waals surface area contributed by atoms with Crippen molar-refractivity contribution in [1.29, 1.82) is 0 Å². The van der Waals surface area contributed by atoms with Crippen LogP contribution in [-0.2, 0) is 15.1 Å². The minimum Gasteiger partial charge on any atom is -0.470 e. The first-order chi connectivity index (χ1) is 11.6. The van der Waals surface area contributed by atoms with Crippen LogP contribution in [0.1, 0.15) is 18.1 Å². The van der Waals surface area contributed by atoms with Gasteiger partial charge >= 0.3 is 0 Å². The van der Waals surface area contributed by atoms with Gasteiger partial charge < -0.3 is 9.64 Å². The Kier molecular flexibility index (Phi) is 3.29. The van der Waals surface area contributed by atoms with Crippen molar-refractivity contribution < 1.29 is 9.53 Å². The number of rotatable bonds is 3. The number of carbonyl (C=O) groups is 1. The summed E-state index contributed by atoms with van der Waals surface area (Å²) in [5, 5.41) is 0.634. The van der Waals surface area contributed by atoms with E-state index >= 15 is 0 Å². The molecule has 120 valence electrons. The lowest BCUT2D eigenvalue weighted by Gasteiger charge is -2.43. The van der Waals surface area contributed by atoms with Gasteiger partial charge in [-0.25, -0.2) is 0 Å². The second kappa shape index (κ2) is 5.25. The number of nitrogens with zero attached hydrogens (tertiary/aromatic N) is 1. The summed E-state index contributed by atoms with van der Waals surface area (Å²) in [5.74, 6) is 0.607. The van der Waals surface area contributed by atoms with Gasteiger partial charge in [-0.1, -0.05) is 60.6 Å². The minimum atomic E-state index is -0.927. The molecule has 24 heavy (non-hydrogen) atoms. The molecule has 2 aliphatic heterocycles. The zero-order valence-corrected chi connectivity index (χ0v) is 14.0. The lowest BCUT2D eigenvalue weighted by molar-refractivity contribution is -0.108. The SMILES string of the molecule is C=C1N(CC)c2c(Cl)cccc2[C@]12OC(c1ccccc1)=C2C=O. The molecular formula is C20H16ClNO2. The molecule has 2 aromatic carbocycles. The average Bonchev–Trinajstić information content (AvgIpc) is 2.85. The lowest BCUT2D eigenvalue weighted by Crippen LogP contribution is -2.42. The molecule has 1 atom stereocenters. The van der Waals surface area contributed by atoms with Crippen molar-refractivity contribution in [1.82, 2.24) is 0 Å². The molecule has 0 radical (unpaired) electrons. The van der Waals surface area contributed by atoms with Crippen LogP contribution in [0.15, 0.2) is 66.4 Å². The fourth-order valence-corrected chi connectivity index (χ4v) is 3.91. The summed E-state index contributed by atoms with van der Waals surface area (Å²) in [6.07, 6.45) is 0.876. The Hall–Kier alpha value is -2.52. The Balaban J connectivity index is 1.95. The zero-order chi connectivity index (χ0) is 16.9. The van der Waals surface area contributed by atoms with Gasteiger partial charge in [0.15, 0.2) is 6.29 Å². The number of para-hydroxylation sites is 1. The highest BCUT2D eigenvalue weighted by molar-refractivity contribution is 6.33. The Morgan fingerprint density at radius 3 is 2.62 bits per heavy atom. The molecule has 2 aromatic rings. The van der Waals surface area contributed by atoms with Gasteiger partial charge in [-0.15, -0.1) is 0 Å². The average molecular weight is 338 g/mol. The smallest absolute Gasteiger partial charge is 0.207 e. The van der Waals surface area contributed by atoms with Crippen molar-refractivity contribution in [3.05, 3.63) is 82.5 Å². The number of hydrogen-bond acceptors (Lipinski definition) is 3. The summed E-state index contributed by atoms with van der Waals surface area (Å²) >= 11 is 6.42. The van der Waals surface area contributed by atoms with E-state index in [1.807, 2.05) is 60.4 Å². The van der Waals surface area contributed by atoms with E-state index in [2.05, 4.69) is 6.58 Å². The number of carbonyl (C=O) groups excluding carboxylic acids is 1. The van der Waals surface area contributed by atoms with Crippen LogP contribution in [0.4, 0.5) is 5.69 Å². The Morgan fingerprint density at radius 1 is 1.21 bits per heavy atom. The zero-order valence-electron chi connectivity index (χ0n) is 13.3. The molecular weight excluding hydrogens is 322 g/mol. The lowest BCUT2D eigenvalue weighted by atomic mass is 9.79. The second-order valence-corrected chi connectivity index (χ2v) is 6.24. The van der Waals surface area contributed by atoms with E-state index in [9.17, 15) is 4.79 Å². The number of aldehydes is 1. The maximum absolute atomic E-state index is 11.9. The Morgan fingerprint density at radius 2 is 1.96 bits per heavy atom. The molecule has 4 heteroatoms. The summed E-state index contributed by atoms with van der Waals surface area (Å²) in [6.45, 7) is 6.94. The molecule has 3 nitrogen and oxygen atoms in total. The van der Waals surface area contributed by atoms with Crippen LogP contribution < -0.4 is 4.90 Å². The van der Waals surface area contributed by atoms with Crippen molar-refractivity contribution in [3.8, 4) is 0 Å². The van der Waals surface area contributed by atoms with Gasteiger partial charge in [0.05, 0.1) is 22.0 Å². The maximum Gasteiger partial charge on any atom is 0.207 e. The predicted octanol–water partition coefficient (Wildman–Crippen LogP) is 4.53. The van der Waals surface area contributed by atoms with E-state index in [4.69, 9.17) is 16.3 Å². The number of ether oxygens (including phenoxy) is 1. The fraction of sp³-hybridized carbons (Fsp3) is 0.150. The van der Waals surface area contributed by atoms with Gasteiger partial charge in [-0.2, -0.15) is 0 Å². The molecule has 0 saturated carbocycles. The van der Waals surface area contributed by atoms with Gasteiger partial charge in [0, 0.05) is 17.7 Å². The van der Waals surface area contributed by atoms with Crippen molar-refractivity contribution in [2.24, 2.45) is 0 Å². The first kappa shape index (κ1) is 15.0. The molecule has 0 saturated heterocycles. The summed E-state index contributed by atoms with van der Waals surface area (Å²) in [7, 11) is 0. The number of benzene rings is 2. The van der Waals surface area contributed by atoms with Crippen LogP contribution in [0.2, 0.25) is 5.02 Å². The van der Waals surface area contributed by atoms with Crippen LogP contribution in [0.5, 0.6) is 0 Å². The molecule has 0 bridgehead atoms. The van der Waals surface area contributed by atoms with Gasteiger partial charge in [0.2, 0.25) is 5.60 Å². The molecule has 0 N–H and O–H groups in total. The first-order valence-corrected chi connectivity index (χ1v) is 8.23. The third-order valence-electron chi connectivity index (χ3n) is 4.72. The van der Waals surface area contributed by atoms with E-state index in [1.165, 1.54) is 0 Å². The van der Waals surface area contributed by atoms with Crippen molar-refractivity contribution >= 4 is 29.3 Å². The van der Waals surface area contributed by atoms with Gasteiger partial charge in [0.25, 0.3) is 0 Å². The summed E-state index contributed by atoms with van der Waals surface area (Å²) in [5.41, 5.74) is 3.04. The number of likely N-dealkylation sites (N-methyl/N-ethyl adjacent to an activating group) is 1. The van der Waals surface area contributed by atoms with Crippen LogP contribution >= 0.6 is 11.6 Å². The minimum absolute atomic E-state index is 0.596. The normalized spacial score (nSPS) is 21.6. The van der Waals surface area contributed by atoms with Crippen LogP contribution in [-0.4, -0.2) is 12.8 Å². The van der Waals surface area contributed by atoms with Gasteiger partial charge in [0.1, 0.15) is 5.76 Å². The van der Waals surface area contributed by atoms with Crippen LogP contribution in [0.3, 0.4) is 0 Å². The van der Waals surface area contributed by atoms with Crippen LogP contribution in [0, 0.1) is 0 Å². The van der Waals surface area contributed by atoms with E-state index in [0.717, 1.165) is 28.8 Å². The van der Waals surface area contributed by atoms with Gasteiger partial charge in [-0.3, -0.25) is 4.79 Å². The monoisotopic (exact) mass is 337 g/mol. The third kappa shape index (κ3) is 1.70. The van der Waals surface area contributed by atoms with E-state index in [0.29, 0.717) is 22.9 Å². The molecule has 2 aliphatic rings. The summed E-state index contributed by atoms with van der Waals surface area (Å²) < 4.78 is 6.25. The largest absolute Gasteiger partial charge is 0.470 e. The highest BCUT2D eigenvalue weighted by Crippen LogP contribution is 2.61. The standard InChI is InChI=1S/C20H16ClNO2/c1-3-22-13(2)20(15-10-7-11-17(21)18(15)22)16(12-23)19(24-20)14-8-5-4-6-9-14/h4-12H,2-3H2,1H3/t20-/m1/s1. The number of anilines is 1. The molecule has 0 fully saturated rings. The predicted molar refractivity (Wildman–Crippen MR) is 95.8 cm³/mol. The molecule has 0 unspecified atom stereocenters. The third-order valence-corrected chi connectivity index (χ3v) is 5.02. The second-order valence-electron chi connectivity index (χ2n) is 5.84. The number of fused-ring (bicyclic) bond motifs is 2. The number of halogens is 1. The summed E-state index contributed by atoms with van der Waals surface area (Å²) in [4.78, 5) is 14.0. The Labute approximate surface area is 145 Å².